The number of hydrogen-bond donors (Lipinski definition) is 1. The van der Waals surface area contributed by atoms with Crippen molar-refractivity contribution >= 4 is 0 Å². The second kappa shape index (κ2) is 9.01. The van der Waals surface area contributed by atoms with E-state index < -0.39 is 0 Å². The zero-order valence-corrected chi connectivity index (χ0v) is 13.6. The van der Waals surface area contributed by atoms with E-state index in [1.54, 1.807) is 0 Å². The SMILES string of the molecule is CCN(CC)Cc1ccc(CNCC2CC=CCC2)cc1. The van der Waals surface area contributed by atoms with E-state index in [9.17, 15) is 0 Å². The maximum Gasteiger partial charge on any atom is 0.0233 e. The van der Waals surface area contributed by atoms with Crippen molar-refractivity contribution in [2.45, 2.75) is 46.2 Å². The molecule has 0 aromatic heterocycles. The van der Waals surface area contributed by atoms with Crippen molar-refractivity contribution in [1.29, 1.82) is 0 Å². The van der Waals surface area contributed by atoms with Gasteiger partial charge in [0.15, 0.2) is 0 Å². The lowest BCUT2D eigenvalue weighted by Crippen LogP contribution is -2.23. The third-order valence-electron chi connectivity index (χ3n) is 4.46. The molecule has 0 saturated carbocycles. The van der Waals surface area contributed by atoms with Crippen LogP contribution in [-0.2, 0) is 13.1 Å². The van der Waals surface area contributed by atoms with Crippen LogP contribution in [0, 0.1) is 5.92 Å². The Balaban J connectivity index is 1.73. The fourth-order valence-electron chi connectivity index (χ4n) is 2.93. The van der Waals surface area contributed by atoms with Gasteiger partial charge in [-0.3, -0.25) is 4.90 Å². The van der Waals surface area contributed by atoms with Crippen molar-refractivity contribution < 1.29 is 0 Å². The molecule has 1 aromatic carbocycles. The number of benzene rings is 1. The van der Waals surface area contributed by atoms with Crippen LogP contribution in [0.3, 0.4) is 0 Å². The van der Waals surface area contributed by atoms with Crippen LogP contribution in [0.15, 0.2) is 36.4 Å². The quantitative estimate of drug-likeness (QED) is 0.727. The van der Waals surface area contributed by atoms with E-state index in [1.165, 1.54) is 30.4 Å². The molecule has 1 N–H and O–H groups in total. The third kappa shape index (κ3) is 5.64. The van der Waals surface area contributed by atoms with Gasteiger partial charge < -0.3 is 5.32 Å². The lowest BCUT2D eigenvalue weighted by Gasteiger charge is -2.19. The molecule has 0 amide bonds. The van der Waals surface area contributed by atoms with Gasteiger partial charge in [0.2, 0.25) is 0 Å². The molecule has 0 spiro atoms. The largest absolute Gasteiger partial charge is 0.312 e. The highest BCUT2D eigenvalue weighted by Gasteiger charge is 2.08. The van der Waals surface area contributed by atoms with Gasteiger partial charge in [-0.15, -0.1) is 0 Å². The van der Waals surface area contributed by atoms with Crippen molar-refractivity contribution in [3.63, 3.8) is 0 Å². The molecule has 1 atom stereocenters. The van der Waals surface area contributed by atoms with Crippen LogP contribution >= 0.6 is 0 Å². The number of rotatable bonds is 8. The van der Waals surface area contributed by atoms with Crippen molar-refractivity contribution in [2.24, 2.45) is 5.92 Å². The second-order valence-electron chi connectivity index (χ2n) is 6.06. The van der Waals surface area contributed by atoms with E-state index in [0.717, 1.165) is 38.6 Å². The van der Waals surface area contributed by atoms with Crippen LogP contribution < -0.4 is 5.32 Å². The maximum absolute atomic E-state index is 3.61. The predicted molar refractivity (Wildman–Crippen MR) is 91.3 cm³/mol. The minimum atomic E-state index is 0.830. The Kier molecular flexibility index (Phi) is 6.98. The van der Waals surface area contributed by atoms with E-state index in [-0.39, 0.29) is 0 Å². The summed E-state index contributed by atoms with van der Waals surface area (Å²) in [5.41, 5.74) is 2.81. The first-order chi connectivity index (χ1) is 10.3. The molecule has 1 aliphatic carbocycles. The summed E-state index contributed by atoms with van der Waals surface area (Å²) in [5.74, 6) is 0.830. The Morgan fingerprint density at radius 3 is 2.38 bits per heavy atom. The van der Waals surface area contributed by atoms with Crippen LogP contribution in [-0.4, -0.2) is 24.5 Å². The molecular formula is C19H30N2. The normalized spacial score (nSPS) is 18.3. The molecule has 2 nitrogen and oxygen atoms in total. The lowest BCUT2D eigenvalue weighted by molar-refractivity contribution is 0.296. The van der Waals surface area contributed by atoms with Gasteiger partial charge >= 0.3 is 0 Å². The third-order valence-corrected chi connectivity index (χ3v) is 4.46. The maximum atomic E-state index is 3.61. The topological polar surface area (TPSA) is 15.3 Å². The number of allylic oxidation sites excluding steroid dienone is 2. The molecule has 1 aliphatic rings. The van der Waals surface area contributed by atoms with E-state index in [4.69, 9.17) is 0 Å². The van der Waals surface area contributed by atoms with E-state index in [2.05, 4.69) is 60.5 Å². The highest BCUT2D eigenvalue weighted by atomic mass is 15.1. The number of nitrogens with one attached hydrogen (secondary N) is 1. The Hall–Kier alpha value is -1.12. The summed E-state index contributed by atoms with van der Waals surface area (Å²) in [4.78, 5) is 2.45. The van der Waals surface area contributed by atoms with Gasteiger partial charge in [0.25, 0.3) is 0 Å². The monoisotopic (exact) mass is 286 g/mol. The molecule has 1 unspecified atom stereocenters. The van der Waals surface area contributed by atoms with Gasteiger partial charge in [0.1, 0.15) is 0 Å². The fourth-order valence-corrected chi connectivity index (χ4v) is 2.93. The van der Waals surface area contributed by atoms with Crippen molar-refractivity contribution in [2.75, 3.05) is 19.6 Å². The van der Waals surface area contributed by atoms with Gasteiger partial charge in [-0.1, -0.05) is 50.3 Å². The van der Waals surface area contributed by atoms with Crippen LogP contribution in [0.4, 0.5) is 0 Å². The highest BCUT2D eigenvalue weighted by molar-refractivity contribution is 5.22. The molecule has 2 rings (SSSR count). The Bertz CT molecular complexity index is 418. The van der Waals surface area contributed by atoms with Crippen molar-refractivity contribution in [3.8, 4) is 0 Å². The molecule has 0 bridgehead atoms. The summed E-state index contributed by atoms with van der Waals surface area (Å²) < 4.78 is 0. The molecule has 0 aliphatic heterocycles. The Morgan fingerprint density at radius 2 is 1.76 bits per heavy atom. The molecule has 0 radical (unpaired) electrons. The van der Waals surface area contributed by atoms with Gasteiger partial charge in [-0.05, 0) is 55.9 Å². The highest BCUT2D eigenvalue weighted by Crippen LogP contribution is 2.17. The van der Waals surface area contributed by atoms with Crippen LogP contribution in [0.1, 0.15) is 44.2 Å². The molecular weight excluding hydrogens is 256 g/mol. The summed E-state index contributed by atoms with van der Waals surface area (Å²) >= 11 is 0. The Labute approximate surface area is 130 Å². The fraction of sp³-hybridized carbons (Fsp3) is 0.579. The summed E-state index contributed by atoms with van der Waals surface area (Å²) in [6.07, 6.45) is 8.48. The summed E-state index contributed by atoms with van der Waals surface area (Å²) in [6.45, 7) is 9.89. The molecule has 21 heavy (non-hydrogen) atoms. The van der Waals surface area contributed by atoms with Crippen LogP contribution in [0.2, 0.25) is 0 Å². The predicted octanol–water partition coefficient (Wildman–Crippen LogP) is 3.97. The van der Waals surface area contributed by atoms with E-state index >= 15 is 0 Å². The molecule has 0 saturated heterocycles. The van der Waals surface area contributed by atoms with Crippen molar-refractivity contribution in [3.05, 3.63) is 47.5 Å². The molecule has 0 fully saturated rings. The Morgan fingerprint density at radius 1 is 1.05 bits per heavy atom. The van der Waals surface area contributed by atoms with Crippen molar-refractivity contribution in [1.82, 2.24) is 10.2 Å². The average Bonchev–Trinajstić information content (AvgIpc) is 2.55. The minimum absolute atomic E-state index is 0.830. The molecule has 2 heteroatoms. The summed E-state index contributed by atoms with van der Waals surface area (Å²) in [5, 5.41) is 3.61. The zero-order chi connectivity index (χ0) is 14.9. The van der Waals surface area contributed by atoms with Crippen LogP contribution in [0.5, 0.6) is 0 Å². The van der Waals surface area contributed by atoms with E-state index in [0.29, 0.717) is 0 Å². The average molecular weight is 286 g/mol. The smallest absolute Gasteiger partial charge is 0.0233 e. The van der Waals surface area contributed by atoms with Crippen LogP contribution in [0.25, 0.3) is 0 Å². The number of hydrogen-bond acceptors (Lipinski definition) is 2. The first-order valence-corrected chi connectivity index (χ1v) is 8.47. The summed E-state index contributed by atoms with van der Waals surface area (Å²) in [6, 6.07) is 9.09. The molecule has 0 heterocycles. The first kappa shape index (κ1) is 16.3. The summed E-state index contributed by atoms with van der Waals surface area (Å²) in [7, 11) is 0. The van der Waals surface area contributed by atoms with Gasteiger partial charge in [0, 0.05) is 13.1 Å². The van der Waals surface area contributed by atoms with Gasteiger partial charge in [-0.25, -0.2) is 0 Å². The second-order valence-corrected chi connectivity index (χ2v) is 6.06. The zero-order valence-electron chi connectivity index (χ0n) is 13.6. The molecule has 1 aromatic rings. The number of nitrogens with zero attached hydrogens (tertiary/aromatic N) is 1. The van der Waals surface area contributed by atoms with E-state index in [1.807, 2.05) is 0 Å². The lowest BCUT2D eigenvalue weighted by atomic mass is 9.94. The van der Waals surface area contributed by atoms with Gasteiger partial charge in [-0.2, -0.15) is 0 Å². The van der Waals surface area contributed by atoms with Gasteiger partial charge in [0.05, 0.1) is 0 Å². The molecule has 116 valence electrons. The first-order valence-electron chi connectivity index (χ1n) is 8.47. The minimum Gasteiger partial charge on any atom is -0.312 e. The standard InChI is InChI=1S/C19H30N2/c1-3-21(4-2)16-19-12-10-18(11-13-19)15-20-14-17-8-6-5-7-9-17/h5-6,10-13,17,20H,3-4,7-9,14-16H2,1-2H3.